The van der Waals surface area contributed by atoms with Crippen LogP contribution in [0.15, 0.2) is 45.3 Å². The van der Waals surface area contributed by atoms with Crippen LogP contribution in [0.5, 0.6) is 11.5 Å². The molecule has 0 aliphatic rings. The minimum absolute atomic E-state index is 0.140. The molecule has 0 saturated carbocycles. The zero-order valence-corrected chi connectivity index (χ0v) is 14.5. The van der Waals surface area contributed by atoms with Gasteiger partial charge in [0.1, 0.15) is 24.2 Å². The Bertz CT molecular complexity index is 617. The van der Waals surface area contributed by atoms with Crippen LogP contribution >= 0.6 is 31.9 Å². The number of aliphatic hydroxyl groups is 1. The van der Waals surface area contributed by atoms with E-state index in [-0.39, 0.29) is 6.61 Å². The third-order valence-corrected chi connectivity index (χ3v) is 4.16. The van der Waals surface area contributed by atoms with Crippen molar-refractivity contribution < 1.29 is 14.6 Å². The first-order valence-corrected chi connectivity index (χ1v) is 7.79. The molecule has 1 unspecified atom stereocenters. The molecule has 0 spiro atoms. The molecular formula is C15H15Br2NO3. The summed E-state index contributed by atoms with van der Waals surface area (Å²) in [5.41, 5.74) is 7.04. The molecule has 0 aliphatic carbocycles. The number of ether oxygens (including phenoxy) is 2. The zero-order valence-electron chi connectivity index (χ0n) is 11.3. The van der Waals surface area contributed by atoms with Crippen LogP contribution in [-0.4, -0.2) is 18.8 Å². The van der Waals surface area contributed by atoms with E-state index in [1.807, 2.05) is 0 Å². The zero-order chi connectivity index (χ0) is 15.4. The average molecular weight is 417 g/mol. The molecule has 0 heterocycles. The van der Waals surface area contributed by atoms with Crippen molar-refractivity contribution in [3.63, 3.8) is 0 Å². The van der Waals surface area contributed by atoms with Crippen LogP contribution in [0.1, 0.15) is 11.7 Å². The highest BCUT2D eigenvalue weighted by atomic mass is 79.9. The van der Waals surface area contributed by atoms with Crippen molar-refractivity contribution in [3.05, 3.63) is 50.9 Å². The maximum Gasteiger partial charge on any atom is 0.135 e. The van der Waals surface area contributed by atoms with E-state index in [0.29, 0.717) is 17.2 Å². The lowest BCUT2D eigenvalue weighted by molar-refractivity contribution is 0.107. The van der Waals surface area contributed by atoms with E-state index >= 15 is 0 Å². The SMILES string of the molecule is COc1cc(Br)c(OCC(O)c2ccc(N)cc2)cc1Br. The highest BCUT2D eigenvalue weighted by Gasteiger charge is 2.12. The molecule has 21 heavy (non-hydrogen) atoms. The van der Waals surface area contributed by atoms with Crippen molar-refractivity contribution in [2.45, 2.75) is 6.10 Å². The molecule has 6 heteroatoms. The predicted molar refractivity (Wildman–Crippen MR) is 89.7 cm³/mol. The number of rotatable bonds is 5. The van der Waals surface area contributed by atoms with E-state index in [4.69, 9.17) is 15.2 Å². The Morgan fingerprint density at radius 3 is 2.29 bits per heavy atom. The van der Waals surface area contributed by atoms with Crippen LogP contribution in [0.3, 0.4) is 0 Å². The van der Waals surface area contributed by atoms with Crippen molar-refractivity contribution in [1.29, 1.82) is 0 Å². The largest absolute Gasteiger partial charge is 0.496 e. The Morgan fingerprint density at radius 2 is 1.67 bits per heavy atom. The minimum Gasteiger partial charge on any atom is -0.496 e. The third kappa shape index (κ3) is 4.12. The van der Waals surface area contributed by atoms with Gasteiger partial charge in [-0.15, -0.1) is 0 Å². The van der Waals surface area contributed by atoms with E-state index < -0.39 is 6.10 Å². The summed E-state index contributed by atoms with van der Waals surface area (Å²) in [5, 5.41) is 10.1. The monoisotopic (exact) mass is 415 g/mol. The molecule has 0 amide bonds. The van der Waals surface area contributed by atoms with Gasteiger partial charge in [-0.3, -0.25) is 0 Å². The van der Waals surface area contributed by atoms with Gasteiger partial charge in [0.25, 0.3) is 0 Å². The topological polar surface area (TPSA) is 64.7 Å². The Kier molecular flexibility index (Phi) is 5.50. The molecule has 2 rings (SSSR count). The van der Waals surface area contributed by atoms with Gasteiger partial charge < -0.3 is 20.3 Å². The van der Waals surface area contributed by atoms with Crippen LogP contribution in [0.4, 0.5) is 5.69 Å². The van der Waals surface area contributed by atoms with Crippen molar-refractivity contribution in [2.75, 3.05) is 19.5 Å². The number of hydrogen-bond donors (Lipinski definition) is 2. The van der Waals surface area contributed by atoms with E-state index in [1.54, 1.807) is 43.5 Å². The summed E-state index contributed by atoms with van der Waals surface area (Å²) in [6.07, 6.45) is -0.724. The number of hydrogen-bond acceptors (Lipinski definition) is 4. The van der Waals surface area contributed by atoms with E-state index in [1.165, 1.54) is 0 Å². The summed E-state index contributed by atoms with van der Waals surface area (Å²) in [5.74, 6) is 1.32. The quantitative estimate of drug-likeness (QED) is 0.725. The fraction of sp³-hybridized carbons (Fsp3) is 0.200. The molecule has 0 saturated heterocycles. The normalized spacial score (nSPS) is 12.0. The second-order valence-electron chi connectivity index (χ2n) is 4.41. The van der Waals surface area contributed by atoms with Gasteiger partial charge in [-0.2, -0.15) is 0 Å². The molecule has 112 valence electrons. The first kappa shape index (κ1) is 16.1. The molecule has 0 bridgehead atoms. The van der Waals surface area contributed by atoms with E-state index in [0.717, 1.165) is 14.5 Å². The van der Waals surface area contributed by atoms with Gasteiger partial charge in [0.2, 0.25) is 0 Å². The fourth-order valence-electron chi connectivity index (χ4n) is 1.76. The summed E-state index contributed by atoms with van der Waals surface area (Å²) < 4.78 is 12.4. The Morgan fingerprint density at radius 1 is 1.10 bits per heavy atom. The lowest BCUT2D eigenvalue weighted by Gasteiger charge is -2.15. The van der Waals surface area contributed by atoms with Gasteiger partial charge >= 0.3 is 0 Å². The first-order chi connectivity index (χ1) is 10.0. The van der Waals surface area contributed by atoms with Gasteiger partial charge in [0, 0.05) is 5.69 Å². The van der Waals surface area contributed by atoms with Crippen LogP contribution in [0, 0.1) is 0 Å². The average Bonchev–Trinajstić information content (AvgIpc) is 2.48. The van der Waals surface area contributed by atoms with Crippen LogP contribution in [0.25, 0.3) is 0 Å². The first-order valence-electron chi connectivity index (χ1n) is 6.20. The van der Waals surface area contributed by atoms with Gasteiger partial charge in [0.15, 0.2) is 0 Å². The number of nitrogen functional groups attached to an aromatic ring is 1. The number of halogens is 2. The molecule has 0 aromatic heterocycles. The number of anilines is 1. The standard InChI is InChI=1S/C15H15Br2NO3/c1-20-14-6-12(17)15(7-11(14)16)21-8-13(19)9-2-4-10(18)5-3-9/h2-7,13,19H,8,18H2,1H3. The summed E-state index contributed by atoms with van der Waals surface area (Å²) in [7, 11) is 1.60. The number of benzene rings is 2. The van der Waals surface area contributed by atoms with Gasteiger partial charge in [-0.25, -0.2) is 0 Å². The Balaban J connectivity index is 2.06. The van der Waals surface area contributed by atoms with Crippen LogP contribution in [0.2, 0.25) is 0 Å². The number of nitrogens with two attached hydrogens (primary N) is 1. The molecule has 4 nitrogen and oxygen atoms in total. The summed E-state index contributed by atoms with van der Waals surface area (Å²) in [6.45, 7) is 0.140. The molecule has 0 fully saturated rings. The number of methoxy groups -OCH3 is 1. The molecule has 0 radical (unpaired) electrons. The second-order valence-corrected chi connectivity index (χ2v) is 6.12. The van der Waals surface area contributed by atoms with Gasteiger partial charge in [0.05, 0.1) is 16.1 Å². The Labute approximate surface area is 140 Å². The molecule has 2 aromatic rings. The number of aliphatic hydroxyl groups excluding tert-OH is 1. The highest BCUT2D eigenvalue weighted by molar-refractivity contribution is 9.11. The Hall–Kier alpha value is -1.24. The van der Waals surface area contributed by atoms with Crippen molar-refractivity contribution in [1.82, 2.24) is 0 Å². The molecule has 1 atom stereocenters. The maximum atomic E-state index is 10.1. The third-order valence-electron chi connectivity index (χ3n) is 2.92. The van der Waals surface area contributed by atoms with Crippen LogP contribution < -0.4 is 15.2 Å². The molecule has 0 aliphatic heterocycles. The maximum absolute atomic E-state index is 10.1. The van der Waals surface area contributed by atoms with Gasteiger partial charge in [-0.05, 0) is 61.7 Å². The van der Waals surface area contributed by atoms with Crippen LogP contribution in [-0.2, 0) is 0 Å². The van der Waals surface area contributed by atoms with Crippen molar-refractivity contribution >= 4 is 37.5 Å². The lowest BCUT2D eigenvalue weighted by Crippen LogP contribution is -2.10. The second kappa shape index (κ2) is 7.15. The fourth-order valence-corrected chi connectivity index (χ4v) is 2.68. The molecule has 2 aromatic carbocycles. The smallest absolute Gasteiger partial charge is 0.135 e. The van der Waals surface area contributed by atoms with Crippen molar-refractivity contribution in [3.8, 4) is 11.5 Å². The van der Waals surface area contributed by atoms with Crippen molar-refractivity contribution in [2.24, 2.45) is 0 Å². The summed E-state index contributed by atoms with van der Waals surface area (Å²) in [6, 6.07) is 10.6. The van der Waals surface area contributed by atoms with E-state index in [2.05, 4.69) is 31.9 Å². The van der Waals surface area contributed by atoms with Gasteiger partial charge in [-0.1, -0.05) is 12.1 Å². The lowest BCUT2D eigenvalue weighted by atomic mass is 10.1. The summed E-state index contributed by atoms with van der Waals surface area (Å²) >= 11 is 6.81. The van der Waals surface area contributed by atoms with E-state index in [9.17, 15) is 5.11 Å². The molecular weight excluding hydrogens is 402 g/mol. The predicted octanol–water partition coefficient (Wildman–Crippen LogP) is 3.91. The summed E-state index contributed by atoms with van der Waals surface area (Å²) in [4.78, 5) is 0. The highest BCUT2D eigenvalue weighted by Crippen LogP contribution is 2.36. The minimum atomic E-state index is -0.724. The molecule has 3 N–H and O–H groups in total.